The molecule has 1 aliphatic carbocycles. The summed E-state index contributed by atoms with van der Waals surface area (Å²) in [5.74, 6) is 1.93. The molecule has 0 amide bonds. The predicted molar refractivity (Wildman–Crippen MR) is 66.3 cm³/mol. The number of rotatable bonds is 2. The van der Waals surface area contributed by atoms with Crippen LogP contribution >= 0.6 is 0 Å². The molecule has 1 aromatic heterocycles. The van der Waals surface area contributed by atoms with Gasteiger partial charge in [-0.3, -0.25) is 0 Å². The number of fused-ring (bicyclic) bond motifs is 1. The van der Waals surface area contributed by atoms with Crippen LogP contribution in [0, 0.1) is 0 Å². The van der Waals surface area contributed by atoms with Gasteiger partial charge in [-0.15, -0.1) is 0 Å². The fraction of sp³-hybridized carbons (Fsp3) is 0.429. The van der Waals surface area contributed by atoms with Crippen molar-refractivity contribution >= 4 is 0 Å². The third-order valence-electron chi connectivity index (χ3n) is 3.98. The topological polar surface area (TPSA) is 51.0 Å². The van der Waals surface area contributed by atoms with E-state index in [2.05, 4.69) is 39.7 Å². The average molecular weight is 241 g/mol. The first-order valence-corrected chi connectivity index (χ1v) is 6.56. The first-order valence-electron chi connectivity index (χ1n) is 6.56. The lowest BCUT2D eigenvalue weighted by molar-refractivity contribution is 0.339. The summed E-state index contributed by atoms with van der Waals surface area (Å²) in [6, 6.07) is 8.75. The quantitative estimate of drug-likeness (QED) is 0.875. The van der Waals surface area contributed by atoms with Crippen molar-refractivity contribution in [3.8, 4) is 0 Å². The smallest absolute Gasteiger partial charge is 0.243 e. The van der Waals surface area contributed by atoms with E-state index in [1.165, 1.54) is 17.5 Å². The van der Waals surface area contributed by atoms with Crippen LogP contribution in [0.15, 0.2) is 28.8 Å². The highest BCUT2D eigenvalue weighted by Gasteiger charge is 2.32. The monoisotopic (exact) mass is 241 g/mol. The van der Waals surface area contributed by atoms with Crippen LogP contribution in [0.3, 0.4) is 0 Å². The van der Waals surface area contributed by atoms with Crippen molar-refractivity contribution in [2.45, 2.75) is 31.2 Å². The molecule has 0 radical (unpaired) electrons. The van der Waals surface area contributed by atoms with E-state index >= 15 is 0 Å². The first kappa shape index (κ1) is 10.3. The minimum atomic E-state index is 0.265. The lowest BCUT2D eigenvalue weighted by Gasteiger charge is -2.27. The molecule has 1 aromatic carbocycles. The SMILES string of the molecule is c1ccc2c(c1)CC2c1noc([C@H]2CCCN2)n1. The molecule has 2 atom stereocenters. The van der Waals surface area contributed by atoms with Gasteiger partial charge in [-0.05, 0) is 36.9 Å². The van der Waals surface area contributed by atoms with Gasteiger partial charge < -0.3 is 9.84 Å². The highest BCUT2D eigenvalue weighted by atomic mass is 16.5. The van der Waals surface area contributed by atoms with Crippen molar-refractivity contribution in [3.63, 3.8) is 0 Å². The summed E-state index contributed by atoms with van der Waals surface area (Å²) in [7, 11) is 0. The number of benzene rings is 1. The van der Waals surface area contributed by atoms with Gasteiger partial charge in [0.25, 0.3) is 0 Å². The second-order valence-electron chi connectivity index (χ2n) is 5.10. The predicted octanol–water partition coefficient (Wildman–Crippen LogP) is 2.18. The Kier molecular flexibility index (Phi) is 2.23. The zero-order valence-corrected chi connectivity index (χ0v) is 10.1. The maximum absolute atomic E-state index is 5.40. The van der Waals surface area contributed by atoms with Gasteiger partial charge in [-0.25, -0.2) is 0 Å². The highest BCUT2D eigenvalue weighted by molar-refractivity contribution is 5.43. The molecule has 4 rings (SSSR count). The minimum Gasteiger partial charge on any atom is -0.338 e. The van der Waals surface area contributed by atoms with E-state index in [0.717, 1.165) is 31.1 Å². The summed E-state index contributed by atoms with van der Waals surface area (Å²) < 4.78 is 5.40. The van der Waals surface area contributed by atoms with Gasteiger partial charge in [0.2, 0.25) is 5.89 Å². The van der Waals surface area contributed by atoms with Crippen LogP contribution < -0.4 is 5.32 Å². The zero-order valence-electron chi connectivity index (χ0n) is 10.1. The number of nitrogens with zero attached hydrogens (tertiary/aromatic N) is 2. The van der Waals surface area contributed by atoms with Crippen molar-refractivity contribution in [1.29, 1.82) is 0 Å². The van der Waals surface area contributed by atoms with Crippen LogP contribution in [0.4, 0.5) is 0 Å². The Hall–Kier alpha value is -1.68. The van der Waals surface area contributed by atoms with Gasteiger partial charge in [0.15, 0.2) is 5.82 Å². The molecule has 0 saturated carbocycles. The molecule has 1 fully saturated rings. The normalized spacial score (nSPS) is 25.8. The molecule has 18 heavy (non-hydrogen) atoms. The van der Waals surface area contributed by atoms with Crippen molar-refractivity contribution < 1.29 is 4.52 Å². The fourth-order valence-electron chi connectivity index (χ4n) is 2.91. The van der Waals surface area contributed by atoms with Crippen molar-refractivity contribution in [2.24, 2.45) is 0 Å². The molecule has 2 heterocycles. The van der Waals surface area contributed by atoms with E-state index in [1.807, 2.05) is 0 Å². The third-order valence-corrected chi connectivity index (χ3v) is 3.98. The molecule has 1 aliphatic heterocycles. The molecule has 0 bridgehead atoms. The molecule has 4 heteroatoms. The number of aromatic nitrogens is 2. The second kappa shape index (κ2) is 3.92. The molecule has 4 nitrogen and oxygen atoms in total. The van der Waals surface area contributed by atoms with Gasteiger partial charge in [0.1, 0.15) is 0 Å². The van der Waals surface area contributed by atoms with Gasteiger partial charge >= 0.3 is 0 Å². The maximum Gasteiger partial charge on any atom is 0.243 e. The molecule has 0 spiro atoms. The van der Waals surface area contributed by atoms with Crippen molar-refractivity contribution in [3.05, 3.63) is 47.1 Å². The Morgan fingerprint density at radius 3 is 3.06 bits per heavy atom. The Bertz CT molecular complexity index is 572. The lowest BCUT2D eigenvalue weighted by Crippen LogP contribution is -2.19. The molecule has 1 saturated heterocycles. The first-order chi connectivity index (χ1) is 8.92. The van der Waals surface area contributed by atoms with E-state index in [9.17, 15) is 0 Å². The summed E-state index contributed by atoms with van der Waals surface area (Å²) in [6.07, 6.45) is 3.32. The molecule has 2 aliphatic rings. The fourth-order valence-corrected chi connectivity index (χ4v) is 2.91. The van der Waals surface area contributed by atoms with E-state index in [0.29, 0.717) is 5.92 Å². The van der Waals surface area contributed by atoms with Crippen LogP contribution in [0.2, 0.25) is 0 Å². The molecular formula is C14H15N3O. The molecule has 1 unspecified atom stereocenters. The number of nitrogens with one attached hydrogen (secondary N) is 1. The minimum absolute atomic E-state index is 0.265. The summed E-state index contributed by atoms with van der Waals surface area (Å²) in [5.41, 5.74) is 2.76. The van der Waals surface area contributed by atoms with Gasteiger partial charge in [0.05, 0.1) is 12.0 Å². The van der Waals surface area contributed by atoms with Crippen LogP contribution in [-0.4, -0.2) is 16.7 Å². The van der Waals surface area contributed by atoms with Crippen molar-refractivity contribution in [2.75, 3.05) is 6.54 Å². The Labute approximate surface area is 105 Å². The zero-order chi connectivity index (χ0) is 11.9. The number of hydrogen-bond acceptors (Lipinski definition) is 4. The van der Waals surface area contributed by atoms with Crippen LogP contribution in [0.1, 0.15) is 47.6 Å². The molecule has 1 N–H and O–H groups in total. The summed E-state index contributed by atoms with van der Waals surface area (Å²) in [6.45, 7) is 1.05. The van der Waals surface area contributed by atoms with Crippen LogP contribution in [0.25, 0.3) is 0 Å². The van der Waals surface area contributed by atoms with Crippen LogP contribution in [-0.2, 0) is 6.42 Å². The highest BCUT2D eigenvalue weighted by Crippen LogP contribution is 2.38. The lowest BCUT2D eigenvalue weighted by atomic mass is 9.77. The van der Waals surface area contributed by atoms with Gasteiger partial charge in [-0.2, -0.15) is 4.98 Å². The Balaban J connectivity index is 1.60. The third kappa shape index (κ3) is 1.49. The summed E-state index contributed by atoms with van der Waals surface area (Å²) in [4.78, 5) is 4.57. The van der Waals surface area contributed by atoms with E-state index in [-0.39, 0.29) is 6.04 Å². The number of hydrogen-bond donors (Lipinski definition) is 1. The molecular weight excluding hydrogens is 226 g/mol. The van der Waals surface area contributed by atoms with Crippen molar-refractivity contribution in [1.82, 2.24) is 15.5 Å². The summed E-state index contributed by atoms with van der Waals surface area (Å²) in [5, 5.41) is 7.54. The van der Waals surface area contributed by atoms with Gasteiger partial charge in [-0.1, -0.05) is 29.4 Å². The maximum atomic E-state index is 5.40. The molecule has 92 valence electrons. The summed E-state index contributed by atoms with van der Waals surface area (Å²) >= 11 is 0. The standard InChI is InChI=1S/C14H15N3O/c1-2-5-10-9(4-1)8-11(10)13-16-14(18-17-13)12-6-3-7-15-12/h1-2,4-5,11-12,15H,3,6-8H2/t11?,12-/m1/s1. The van der Waals surface area contributed by atoms with Gasteiger partial charge in [0, 0.05) is 0 Å². The second-order valence-corrected chi connectivity index (χ2v) is 5.10. The van der Waals surface area contributed by atoms with E-state index in [1.54, 1.807) is 0 Å². The Morgan fingerprint density at radius 1 is 1.28 bits per heavy atom. The largest absolute Gasteiger partial charge is 0.338 e. The Morgan fingerprint density at radius 2 is 2.22 bits per heavy atom. The van der Waals surface area contributed by atoms with E-state index in [4.69, 9.17) is 4.52 Å². The molecule has 2 aromatic rings. The average Bonchev–Trinajstić information content (AvgIpc) is 3.00. The van der Waals surface area contributed by atoms with Crippen LogP contribution in [0.5, 0.6) is 0 Å². The van der Waals surface area contributed by atoms with E-state index < -0.39 is 0 Å².